The summed E-state index contributed by atoms with van der Waals surface area (Å²) in [6.07, 6.45) is 1.07. The summed E-state index contributed by atoms with van der Waals surface area (Å²) in [6, 6.07) is 7.45. The molecule has 1 amide bonds. The standard InChI is InChI=1S/C16H22N2O3S/c1-3-17-14-8-9-18(15(14)10-16(17)19)22(20,21)11-13-6-4-12(2)5-7-13/h4-7,14-15H,3,8-11H2,1-2H3/t14-,15+/m0/s1. The molecule has 2 aliphatic rings. The van der Waals surface area contributed by atoms with Gasteiger partial charge in [0.1, 0.15) is 0 Å². The fourth-order valence-corrected chi connectivity index (χ4v) is 5.42. The average molecular weight is 322 g/mol. The monoisotopic (exact) mass is 322 g/mol. The summed E-state index contributed by atoms with van der Waals surface area (Å²) in [5.41, 5.74) is 1.91. The minimum atomic E-state index is -3.38. The fraction of sp³-hybridized carbons (Fsp3) is 0.562. The lowest BCUT2D eigenvalue weighted by Gasteiger charge is -2.24. The zero-order chi connectivity index (χ0) is 15.9. The number of carbonyl (C=O) groups is 1. The van der Waals surface area contributed by atoms with Crippen LogP contribution in [0.2, 0.25) is 0 Å². The lowest BCUT2D eigenvalue weighted by molar-refractivity contribution is -0.128. The number of sulfonamides is 1. The van der Waals surface area contributed by atoms with E-state index in [-0.39, 0.29) is 23.7 Å². The van der Waals surface area contributed by atoms with Gasteiger partial charge in [-0.05, 0) is 25.8 Å². The third-order valence-electron chi connectivity index (χ3n) is 4.73. The molecular formula is C16H22N2O3S. The molecule has 1 aromatic rings. The molecule has 0 spiro atoms. The van der Waals surface area contributed by atoms with Gasteiger partial charge >= 0.3 is 0 Å². The fourth-order valence-electron chi connectivity index (χ4n) is 3.63. The molecule has 0 radical (unpaired) electrons. The Kier molecular flexibility index (Phi) is 3.99. The van der Waals surface area contributed by atoms with Crippen molar-refractivity contribution in [1.29, 1.82) is 0 Å². The number of nitrogens with zero attached hydrogens (tertiary/aromatic N) is 2. The molecule has 2 heterocycles. The van der Waals surface area contributed by atoms with E-state index in [0.717, 1.165) is 17.5 Å². The molecule has 3 rings (SSSR count). The Morgan fingerprint density at radius 2 is 1.86 bits per heavy atom. The van der Waals surface area contributed by atoms with Crippen LogP contribution in [0.25, 0.3) is 0 Å². The second-order valence-electron chi connectivity index (χ2n) is 6.16. The number of amides is 1. The number of hydrogen-bond acceptors (Lipinski definition) is 3. The number of benzene rings is 1. The molecule has 1 aromatic carbocycles. The Hall–Kier alpha value is -1.40. The largest absolute Gasteiger partial charge is 0.338 e. The van der Waals surface area contributed by atoms with E-state index in [0.29, 0.717) is 19.5 Å². The molecule has 0 aliphatic carbocycles. The molecular weight excluding hydrogens is 300 g/mol. The van der Waals surface area contributed by atoms with Crippen LogP contribution in [-0.4, -0.2) is 48.7 Å². The van der Waals surface area contributed by atoms with Crippen LogP contribution >= 0.6 is 0 Å². The maximum absolute atomic E-state index is 12.7. The molecule has 0 saturated carbocycles. The molecule has 2 aliphatic heterocycles. The highest BCUT2D eigenvalue weighted by atomic mass is 32.2. The summed E-state index contributed by atoms with van der Waals surface area (Å²) < 4.78 is 27.0. The predicted octanol–water partition coefficient (Wildman–Crippen LogP) is 1.52. The number of aryl methyl sites for hydroxylation is 1. The van der Waals surface area contributed by atoms with Crippen LogP contribution in [0.5, 0.6) is 0 Å². The number of likely N-dealkylation sites (N-methyl/N-ethyl adjacent to an activating group) is 1. The molecule has 22 heavy (non-hydrogen) atoms. The summed E-state index contributed by atoms with van der Waals surface area (Å²) in [5, 5.41) is 0. The van der Waals surface area contributed by atoms with E-state index < -0.39 is 10.0 Å². The highest BCUT2D eigenvalue weighted by Gasteiger charge is 2.49. The number of likely N-dealkylation sites (tertiary alicyclic amines) is 1. The van der Waals surface area contributed by atoms with Gasteiger partial charge in [-0.1, -0.05) is 29.8 Å². The normalized spacial score (nSPS) is 25.7. The number of hydrogen-bond donors (Lipinski definition) is 0. The van der Waals surface area contributed by atoms with Crippen LogP contribution in [0.1, 0.15) is 30.9 Å². The van der Waals surface area contributed by atoms with Gasteiger partial charge in [0, 0.05) is 19.5 Å². The van der Waals surface area contributed by atoms with E-state index in [4.69, 9.17) is 0 Å². The minimum absolute atomic E-state index is 0.0107. The number of fused-ring (bicyclic) bond motifs is 1. The first-order valence-corrected chi connectivity index (χ1v) is 9.38. The van der Waals surface area contributed by atoms with Crippen LogP contribution in [0.3, 0.4) is 0 Å². The van der Waals surface area contributed by atoms with Crippen LogP contribution in [0.4, 0.5) is 0 Å². The van der Waals surface area contributed by atoms with Gasteiger partial charge in [-0.15, -0.1) is 0 Å². The predicted molar refractivity (Wildman–Crippen MR) is 84.7 cm³/mol. The lowest BCUT2D eigenvalue weighted by atomic mass is 10.1. The SMILES string of the molecule is CCN1C(=O)C[C@@H]2[C@@H]1CCN2S(=O)(=O)Cc1ccc(C)cc1. The van der Waals surface area contributed by atoms with E-state index >= 15 is 0 Å². The first-order chi connectivity index (χ1) is 10.4. The van der Waals surface area contributed by atoms with Crippen molar-refractivity contribution in [1.82, 2.24) is 9.21 Å². The summed E-state index contributed by atoms with van der Waals surface area (Å²) in [7, 11) is -3.38. The van der Waals surface area contributed by atoms with Crippen LogP contribution in [0, 0.1) is 6.92 Å². The molecule has 0 bridgehead atoms. The van der Waals surface area contributed by atoms with Gasteiger partial charge in [-0.2, -0.15) is 4.31 Å². The summed E-state index contributed by atoms with van der Waals surface area (Å²) in [5.74, 6) is 0.0873. The lowest BCUT2D eigenvalue weighted by Crippen LogP contribution is -2.40. The second kappa shape index (κ2) is 5.66. The highest BCUT2D eigenvalue weighted by Crippen LogP contribution is 2.34. The van der Waals surface area contributed by atoms with Crippen molar-refractivity contribution in [3.8, 4) is 0 Å². The number of rotatable bonds is 4. The van der Waals surface area contributed by atoms with Crippen molar-refractivity contribution >= 4 is 15.9 Å². The van der Waals surface area contributed by atoms with Crippen molar-refractivity contribution in [3.63, 3.8) is 0 Å². The van der Waals surface area contributed by atoms with Gasteiger partial charge < -0.3 is 4.90 Å². The van der Waals surface area contributed by atoms with E-state index in [9.17, 15) is 13.2 Å². The molecule has 0 N–H and O–H groups in total. The second-order valence-corrected chi connectivity index (χ2v) is 8.08. The highest BCUT2D eigenvalue weighted by molar-refractivity contribution is 7.88. The van der Waals surface area contributed by atoms with Crippen LogP contribution in [0.15, 0.2) is 24.3 Å². The van der Waals surface area contributed by atoms with E-state index in [1.807, 2.05) is 43.0 Å². The molecule has 0 aromatic heterocycles. The minimum Gasteiger partial charge on any atom is -0.338 e. The van der Waals surface area contributed by atoms with Gasteiger partial charge in [-0.25, -0.2) is 8.42 Å². The van der Waals surface area contributed by atoms with E-state index in [2.05, 4.69) is 0 Å². The third-order valence-corrected chi connectivity index (χ3v) is 6.60. The Balaban J connectivity index is 1.79. The quantitative estimate of drug-likeness (QED) is 0.844. The van der Waals surface area contributed by atoms with E-state index in [1.54, 1.807) is 4.31 Å². The van der Waals surface area contributed by atoms with Gasteiger partial charge in [0.15, 0.2) is 0 Å². The Bertz CT molecular complexity index is 669. The zero-order valence-corrected chi connectivity index (χ0v) is 13.8. The topological polar surface area (TPSA) is 57.7 Å². The van der Waals surface area contributed by atoms with Gasteiger partial charge in [0.25, 0.3) is 0 Å². The molecule has 120 valence electrons. The molecule has 2 fully saturated rings. The maximum Gasteiger partial charge on any atom is 0.224 e. The summed E-state index contributed by atoms with van der Waals surface area (Å²) in [6.45, 7) is 5.11. The summed E-state index contributed by atoms with van der Waals surface area (Å²) in [4.78, 5) is 13.8. The third kappa shape index (κ3) is 2.65. The van der Waals surface area contributed by atoms with Gasteiger partial charge in [0.05, 0.1) is 17.8 Å². The first kappa shape index (κ1) is 15.5. The van der Waals surface area contributed by atoms with Gasteiger partial charge in [-0.3, -0.25) is 4.79 Å². The Labute approximate surface area is 132 Å². The molecule has 2 saturated heterocycles. The molecule has 5 nitrogen and oxygen atoms in total. The van der Waals surface area contributed by atoms with Crippen molar-refractivity contribution < 1.29 is 13.2 Å². The Morgan fingerprint density at radius 1 is 1.18 bits per heavy atom. The van der Waals surface area contributed by atoms with Gasteiger partial charge in [0.2, 0.25) is 15.9 Å². The summed E-state index contributed by atoms with van der Waals surface area (Å²) >= 11 is 0. The van der Waals surface area contributed by atoms with Crippen molar-refractivity contribution in [3.05, 3.63) is 35.4 Å². The van der Waals surface area contributed by atoms with E-state index in [1.165, 1.54) is 0 Å². The van der Waals surface area contributed by atoms with Crippen LogP contribution in [-0.2, 0) is 20.6 Å². The van der Waals surface area contributed by atoms with Crippen molar-refractivity contribution in [2.24, 2.45) is 0 Å². The Morgan fingerprint density at radius 3 is 2.50 bits per heavy atom. The smallest absolute Gasteiger partial charge is 0.224 e. The number of carbonyl (C=O) groups excluding carboxylic acids is 1. The molecule has 0 unspecified atom stereocenters. The molecule has 6 heteroatoms. The first-order valence-electron chi connectivity index (χ1n) is 7.77. The average Bonchev–Trinajstić information content (AvgIpc) is 2.99. The van der Waals surface area contributed by atoms with Crippen LogP contribution < -0.4 is 0 Å². The molecule has 2 atom stereocenters. The van der Waals surface area contributed by atoms with Crippen molar-refractivity contribution in [2.75, 3.05) is 13.1 Å². The zero-order valence-electron chi connectivity index (χ0n) is 13.0. The maximum atomic E-state index is 12.7. The van der Waals surface area contributed by atoms with Crippen molar-refractivity contribution in [2.45, 2.75) is 44.5 Å².